The first-order valence-corrected chi connectivity index (χ1v) is 18.3. The largest absolute Gasteiger partial charge is 0 e. The van der Waals surface area contributed by atoms with Gasteiger partial charge >= 0.3 is 57.8 Å². The van der Waals surface area contributed by atoms with E-state index in [9.17, 15) is 29.1 Å². The Morgan fingerprint density at radius 1 is 0.614 bits per heavy atom. The van der Waals surface area contributed by atoms with E-state index in [1.54, 1.807) is 0 Å². The zero-order valence-electron chi connectivity index (χ0n) is 32.0. The fourth-order valence-electron chi connectivity index (χ4n) is 5.44. The second-order valence-electron chi connectivity index (χ2n) is 12.5. The minimum atomic E-state index is -1.46. The van der Waals surface area contributed by atoms with Gasteiger partial charge in [0.05, 0.1) is 11.4 Å². The maximum absolute atomic E-state index is 12.2. The van der Waals surface area contributed by atoms with Crippen molar-refractivity contribution in [2.24, 2.45) is 0 Å². The number of hydrogen-bond donors (Lipinski definition) is 6. The Morgan fingerprint density at radius 2 is 1.07 bits per heavy atom. The second kappa shape index (κ2) is 39.5. The molecule has 2 heterocycles. The first kappa shape index (κ1) is 56.6. The molecule has 6 N–H and O–H groups in total. The number of carbonyl (C=O) groups excluding carboxylic acids is 2. The molecule has 0 saturated carbocycles. The molecule has 0 aromatic carbocycles. The molecule has 313 valence electrons. The van der Waals surface area contributed by atoms with Crippen LogP contribution in [-0.4, -0.2) is 85.2 Å². The van der Waals surface area contributed by atoms with Crippen LogP contribution >= 0.6 is 0 Å². The van der Waals surface area contributed by atoms with Gasteiger partial charge in [0.15, 0.2) is 0 Å². The summed E-state index contributed by atoms with van der Waals surface area (Å²) in [6, 6.07) is 8.32. The van der Waals surface area contributed by atoms with E-state index in [-0.39, 0.29) is 38.9 Å². The number of hydrogen-bond acceptors (Lipinski definition) is 8. The summed E-state index contributed by atoms with van der Waals surface area (Å²) in [5.74, 6) is -3.95. The quantitative estimate of drug-likeness (QED) is 0.0390. The third-order valence-corrected chi connectivity index (χ3v) is 8.20. The van der Waals surface area contributed by atoms with Crippen LogP contribution in [0.2, 0.25) is 0 Å². The number of rotatable bonds is 28. The number of pyridine rings is 2. The van der Waals surface area contributed by atoms with Crippen molar-refractivity contribution < 1.29 is 73.4 Å². The summed E-state index contributed by atoms with van der Waals surface area (Å²) in [4.78, 5) is 69.1. The van der Waals surface area contributed by atoms with Gasteiger partial charge in [-0.15, -0.1) is 0 Å². The summed E-state index contributed by atoms with van der Waals surface area (Å²) in [5, 5.41) is 34.4. The SMILES string of the molecule is O=C(O)CC[C@H](NC(=O)N[C@@H](CCCCNC(=O)CCCCCCCCCCCN(Cc1ccccn1)Cc1ccccn1)C(=O)O)C(=O)O.[C-]#[O+].[C-]#[O+].[C-]#[O+].[Tc]. The van der Waals surface area contributed by atoms with Crippen molar-refractivity contribution >= 4 is 29.8 Å². The molecule has 0 fully saturated rings. The van der Waals surface area contributed by atoms with Crippen LogP contribution in [0, 0.1) is 20.0 Å². The molecule has 0 bridgehead atoms. The molecule has 0 aliphatic carbocycles. The summed E-state index contributed by atoms with van der Waals surface area (Å²) in [6.07, 6.45) is 14.3. The van der Waals surface area contributed by atoms with Crippen molar-refractivity contribution in [3.63, 3.8) is 0 Å². The summed E-state index contributed by atoms with van der Waals surface area (Å²) >= 11 is 0. The Labute approximate surface area is 347 Å². The van der Waals surface area contributed by atoms with E-state index in [2.05, 4.69) is 62.9 Å². The van der Waals surface area contributed by atoms with Crippen LogP contribution in [0.5, 0.6) is 0 Å². The second-order valence-corrected chi connectivity index (χ2v) is 12.5. The molecule has 1 radical (unpaired) electrons. The van der Waals surface area contributed by atoms with Gasteiger partial charge < -0.3 is 31.3 Å². The van der Waals surface area contributed by atoms with E-state index in [1.165, 1.54) is 25.7 Å². The summed E-state index contributed by atoms with van der Waals surface area (Å²) in [7, 11) is 0. The molecule has 2 rings (SSSR count). The number of nitrogens with one attached hydrogen (secondary N) is 3. The molecule has 0 aliphatic rings. The van der Waals surface area contributed by atoms with Crippen LogP contribution in [0.3, 0.4) is 0 Å². The van der Waals surface area contributed by atoms with Gasteiger partial charge in [-0.3, -0.25) is 24.5 Å². The van der Waals surface area contributed by atoms with E-state index >= 15 is 0 Å². The smallest absolute Gasteiger partial charge is 0 e. The number of aliphatic carboxylic acids is 3. The van der Waals surface area contributed by atoms with Gasteiger partial charge in [-0.2, -0.15) is 0 Å². The van der Waals surface area contributed by atoms with E-state index in [1.807, 2.05) is 36.7 Å². The molecule has 2 atom stereocenters. The van der Waals surface area contributed by atoms with Gasteiger partial charge in [-0.25, -0.2) is 14.4 Å². The molecule has 17 nitrogen and oxygen atoms in total. The Bertz CT molecular complexity index is 1380. The maximum atomic E-state index is 12.2. The number of carboxylic acid groups (broad SMARTS) is 3. The fraction of sp³-hybridized carbons (Fsp3) is 0.538. The fourth-order valence-corrected chi connectivity index (χ4v) is 5.44. The molecular formula is C39H54N6O11Tc. The van der Waals surface area contributed by atoms with Crippen LogP contribution in [0.4, 0.5) is 4.79 Å². The standard InChI is InChI=1S/C36H54N6O8.3CO.Tc/c43-32(39-24-14-11-18-30(34(46)47)40-36(50)41-31(35(48)49)20-21-33(44)45)19-8-6-4-2-1-3-5-7-15-25-42(26-28-16-9-12-22-37-28)27-29-17-10-13-23-38-29;3*1-2;/h9-10,12-13,16-17,22-23,30-31H,1-8,11,14-15,18-21,24-27H2,(H,39,43)(H,44,45)(H,46,47)(H,48,49)(H2,40,41,50);;;;/t30-,31-;;;;/m0..../s1. The zero-order valence-corrected chi connectivity index (χ0v) is 33.9. The van der Waals surface area contributed by atoms with E-state index in [4.69, 9.17) is 24.2 Å². The number of carboxylic acids is 3. The summed E-state index contributed by atoms with van der Waals surface area (Å²) in [6.45, 7) is 16.5. The molecular weight excluding hydrogens is 826 g/mol. The molecule has 0 saturated heterocycles. The number of urea groups is 1. The van der Waals surface area contributed by atoms with E-state index < -0.39 is 42.4 Å². The van der Waals surface area contributed by atoms with Crippen molar-refractivity contribution in [2.45, 2.75) is 121 Å². The molecule has 0 unspecified atom stereocenters. The number of amides is 3. The van der Waals surface area contributed by atoms with Crippen molar-refractivity contribution in [1.29, 1.82) is 0 Å². The monoisotopic (exact) mass is 879 g/mol. The first-order chi connectivity index (χ1) is 27.1. The van der Waals surface area contributed by atoms with Crippen LogP contribution in [0.15, 0.2) is 48.8 Å². The van der Waals surface area contributed by atoms with Crippen LogP contribution in [0.25, 0.3) is 0 Å². The zero-order chi connectivity index (χ0) is 42.4. The number of aromatic nitrogens is 2. The number of carbonyl (C=O) groups is 5. The van der Waals surface area contributed by atoms with E-state index in [0.29, 0.717) is 25.8 Å². The van der Waals surface area contributed by atoms with Gasteiger partial charge in [0, 0.05) is 65.0 Å². The average molecular weight is 881 g/mol. The summed E-state index contributed by atoms with van der Waals surface area (Å²) < 4.78 is 22.5. The molecule has 2 aromatic rings. The Morgan fingerprint density at radius 3 is 1.51 bits per heavy atom. The average Bonchev–Trinajstić information content (AvgIpc) is 3.20. The molecule has 0 spiro atoms. The normalized spacial score (nSPS) is 10.8. The molecule has 18 heteroatoms. The molecule has 57 heavy (non-hydrogen) atoms. The van der Waals surface area contributed by atoms with Crippen molar-refractivity contribution in [1.82, 2.24) is 30.8 Å². The predicted molar refractivity (Wildman–Crippen MR) is 199 cm³/mol. The number of unbranched alkanes of at least 4 members (excludes halogenated alkanes) is 9. The van der Waals surface area contributed by atoms with Crippen LogP contribution < -0.4 is 16.0 Å². The van der Waals surface area contributed by atoms with Gasteiger partial charge in [0.1, 0.15) is 12.1 Å². The Hall–Kier alpha value is -4.72. The maximum Gasteiger partial charge on any atom is 0 e. The van der Waals surface area contributed by atoms with Crippen molar-refractivity contribution in [3.05, 3.63) is 80.1 Å². The van der Waals surface area contributed by atoms with Gasteiger partial charge in [0.25, 0.3) is 0 Å². The minimum absolute atomic E-state index is 0. The van der Waals surface area contributed by atoms with Gasteiger partial charge in [0.2, 0.25) is 5.91 Å². The first-order valence-electron chi connectivity index (χ1n) is 18.3. The topological polar surface area (TPSA) is 271 Å². The summed E-state index contributed by atoms with van der Waals surface area (Å²) in [5.41, 5.74) is 2.13. The third kappa shape index (κ3) is 32.1. The van der Waals surface area contributed by atoms with Crippen molar-refractivity contribution in [2.75, 3.05) is 13.1 Å². The van der Waals surface area contributed by atoms with Gasteiger partial charge in [-0.1, -0.05) is 57.1 Å². The van der Waals surface area contributed by atoms with Crippen LogP contribution in [-0.2, 0) is 66.3 Å². The van der Waals surface area contributed by atoms with E-state index in [0.717, 1.165) is 63.1 Å². The predicted octanol–water partition coefficient (Wildman–Crippen LogP) is 4.62. The van der Waals surface area contributed by atoms with Gasteiger partial charge in [-0.05, 0) is 69.3 Å². The number of nitrogens with zero attached hydrogens (tertiary/aromatic N) is 3. The minimum Gasteiger partial charge on any atom is 0 e. The van der Waals surface area contributed by atoms with Crippen LogP contribution in [0.1, 0.15) is 108 Å². The molecule has 2 aromatic heterocycles. The Kier molecular flexibility index (Phi) is 39.2. The molecule has 0 aliphatic heterocycles. The molecule has 3 amide bonds. The third-order valence-electron chi connectivity index (χ3n) is 8.20. The Balaban J connectivity index is -0.00000396. The van der Waals surface area contributed by atoms with Crippen molar-refractivity contribution in [3.8, 4) is 0 Å².